The zero-order valence-electron chi connectivity index (χ0n) is 9.21. The van der Waals surface area contributed by atoms with Crippen molar-refractivity contribution in [2.75, 3.05) is 7.05 Å². The van der Waals surface area contributed by atoms with Crippen LogP contribution in [-0.2, 0) is 6.54 Å². The van der Waals surface area contributed by atoms with Crippen LogP contribution in [0.5, 0.6) is 0 Å². The van der Waals surface area contributed by atoms with Crippen molar-refractivity contribution in [3.63, 3.8) is 0 Å². The second-order valence-electron chi connectivity index (χ2n) is 3.74. The van der Waals surface area contributed by atoms with Gasteiger partial charge >= 0.3 is 0 Å². The predicted molar refractivity (Wildman–Crippen MR) is 69.1 cm³/mol. The number of benzene rings is 1. The van der Waals surface area contributed by atoms with Crippen LogP contribution in [0.2, 0.25) is 5.02 Å². The lowest BCUT2D eigenvalue weighted by atomic mass is 10.2. The van der Waals surface area contributed by atoms with Crippen molar-refractivity contribution in [2.45, 2.75) is 19.5 Å². The van der Waals surface area contributed by atoms with Crippen LogP contribution < -0.4 is 5.73 Å². The van der Waals surface area contributed by atoms with Crippen LogP contribution in [-0.4, -0.2) is 23.0 Å². The summed E-state index contributed by atoms with van der Waals surface area (Å²) >= 11 is 10.6. The SMILES string of the molecule is CC(C(N)=S)N(C)Cc1ccc(F)c(Cl)c1. The molecule has 1 rings (SSSR count). The van der Waals surface area contributed by atoms with Crippen LogP contribution in [0, 0.1) is 5.82 Å². The zero-order valence-corrected chi connectivity index (χ0v) is 10.8. The first-order valence-corrected chi connectivity index (χ1v) is 5.64. The molecule has 1 unspecified atom stereocenters. The minimum absolute atomic E-state index is 0.00108. The van der Waals surface area contributed by atoms with Crippen LogP contribution in [0.25, 0.3) is 0 Å². The van der Waals surface area contributed by atoms with Gasteiger partial charge in [0.05, 0.1) is 16.1 Å². The van der Waals surface area contributed by atoms with Crippen molar-refractivity contribution in [3.05, 3.63) is 34.6 Å². The molecular weight excluding hydrogens is 247 g/mol. The quantitative estimate of drug-likeness (QED) is 0.844. The Balaban J connectivity index is 2.73. The number of likely N-dealkylation sites (N-methyl/N-ethyl adjacent to an activating group) is 1. The number of nitrogens with two attached hydrogens (primary N) is 1. The van der Waals surface area contributed by atoms with E-state index in [1.54, 1.807) is 12.1 Å². The molecule has 1 atom stereocenters. The van der Waals surface area contributed by atoms with E-state index in [0.717, 1.165) is 5.56 Å². The summed E-state index contributed by atoms with van der Waals surface area (Å²) in [4.78, 5) is 2.42. The van der Waals surface area contributed by atoms with Gasteiger partial charge in [-0.15, -0.1) is 0 Å². The minimum atomic E-state index is -0.407. The fraction of sp³-hybridized carbons (Fsp3) is 0.364. The molecule has 2 nitrogen and oxygen atoms in total. The summed E-state index contributed by atoms with van der Waals surface area (Å²) < 4.78 is 12.9. The van der Waals surface area contributed by atoms with Gasteiger partial charge in [0.2, 0.25) is 0 Å². The molecule has 0 heterocycles. The molecule has 0 aliphatic heterocycles. The first kappa shape index (κ1) is 13.4. The number of rotatable bonds is 4. The molecule has 1 aromatic rings. The molecule has 0 radical (unpaired) electrons. The molecule has 0 fully saturated rings. The Kier molecular flexibility index (Phi) is 4.65. The van der Waals surface area contributed by atoms with E-state index >= 15 is 0 Å². The maximum Gasteiger partial charge on any atom is 0.141 e. The van der Waals surface area contributed by atoms with E-state index in [1.807, 2.05) is 18.9 Å². The second kappa shape index (κ2) is 5.57. The average molecular weight is 261 g/mol. The Morgan fingerprint density at radius 2 is 2.25 bits per heavy atom. The topological polar surface area (TPSA) is 29.3 Å². The van der Waals surface area contributed by atoms with Crippen LogP contribution in [0.1, 0.15) is 12.5 Å². The summed E-state index contributed by atoms with van der Waals surface area (Å²) in [5.74, 6) is -0.407. The van der Waals surface area contributed by atoms with Crippen LogP contribution >= 0.6 is 23.8 Å². The van der Waals surface area contributed by atoms with Crippen molar-refractivity contribution in [3.8, 4) is 0 Å². The molecule has 1 aromatic carbocycles. The van der Waals surface area contributed by atoms with Gasteiger partial charge in [0.15, 0.2) is 0 Å². The Bertz CT molecular complexity index is 398. The van der Waals surface area contributed by atoms with E-state index in [2.05, 4.69) is 0 Å². The highest BCUT2D eigenvalue weighted by Gasteiger charge is 2.12. The Hall–Kier alpha value is -0.710. The lowest BCUT2D eigenvalue weighted by molar-refractivity contribution is 0.304. The molecule has 16 heavy (non-hydrogen) atoms. The molecule has 0 amide bonds. The molecule has 0 aliphatic rings. The number of halogens is 2. The molecule has 88 valence electrons. The second-order valence-corrected chi connectivity index (χ2v) is 4.62. The van der Waals surface area contributed by atoms with Crippen molar-refractivity contribution in [2.24, 2.45) is 5.73 Å². The van der Waals surface area contributed by atoms with Gasteiger partial charge in [-0.25, -0.2) is 4.39 Å². The molecular formula is C11H14ClFN2S. The molecule has 0 saturated carbocycles. The van der Waals surface area contributed by atoms with E-state index < -0.39 is 5.82 Å². The van der Waals surface area contributed by atoms with E-state index in [-0.39, 0.29) is 11.1 Å². The molecule has 5 heteroatoms. The number of hydrogen-bond donors (Lipinski definition) is 1. The highest BCUT2D eigenvalue weighted by atomic mass is 35.5. The average Bonchev–Trinajstić information content (AvgIpc) is 2.22. The van der Waals surface area contributed by atoms with Crippen LogP contribution in [0.4, 0.5) is 4.39 Å². The van der Waals surface area contributed by atoms with Gasteiger partial charge in [0, 0.05) is 6.54 Å². The lowest BCUT2D eigenvalue weighted by Crippen LogP contribution is -2.38. The van der Waals surface area contributed by atoms with Gasteiger partial charge in [0.25, 0.3) is 0 Å². The zero-order chi connectivity index (χ0) is 12.3. The molecule has 0 aromatic heterocycles. The van der Waals surface area contributed by atoms with Gasteiger partial charge in [-0.05, 0) is 31.7 Å². The summed E-state index contributed by atoms with van der Waals surface area (Å²) in [5.41, 5.74) is 6.48. The number of thiocarbonyl (C=S) groups is 1. The summed E-state index contributed by atoms with van der Waals surface area (Å²) in [5, 5.41) is 0.133. The van der Waals surface area contributed by atoms with Gasteiger partial charge in [-0.3, -0.25) is 4.90 Å². The third-order valence-electron chi connectivity index (χ3n) is 2.49. The minimum Gasteiger partial charge on any atom is -0.392 e. The fourth-order valence-electron chi connectivity index (χ4n) is 1.28. The smallest absolute Gasteiger partial charge is 0.141 e. The summed E-state index contributed by atoms with van der Waals surface area (Å²) in [6.07, 6.45) is 0. The van der Waals surface area contributed by atoms with Gasteiger partial charge in [-0.2, -0.15) is 0 Å². The van der Waals surface area contributed by atoms with Crippen molar-refractivity contribution >= 4 is 28.8 Å². The number of hydrogen-bond acceptors (Lipinski definition) is 2. The van der Waals surface area contributed by atoms with Gasteiger partial charge in [0.1, 0.15) is 5.82 Å². The summed E-state index contributed by atoms with van der Waals surface area (Å²) in [6, 6.07) is 4.67. The van der Waals surface area contributed by atoms with Crippen LogP contribution in [0.3, 0.4) is 0 Å². The largest absolute Gasteiger partial charge is 0.392 e. The van der Waals surface area contributed by atoms with Gasteiger partial charge in [-0.1, -0.05) is 29.9 Å². The summed E-state index contributed by atoms with van der Waals surface area (Å²) in [6.45, 7) is 2.55. The number of nitrogens with zero attached hydrogens (tertiary/aromatic N) is 1. The van der Waals surface area contributed by atoms with E-state index in [9.17, 15) is 4.39 Å². The third-order valence-corrected chi connectivity index (χ3v) is 3.12. The van der Waals surface area contributed by atoms with Crippen molar-refractivity contribution in [1.82, 2.24) is 4.90 Å². The molecule has 0 spiro atoms. The molecule has 2 N–H and O–H groups in total. The normalized spacial score (nSPS) is 12.8. The van der Waals surface area contributed by atoms with Crippen molar-refractivity contribution in [1.29, 1.82) is 0 Å². The maximum absolute atomic E-state index is 12.9. The Morgan fingerprint density at radius 1 is 1.62 bits per heavy atom. The predicted octanol–water partition coefficient (Wildman–Crippen LogP) is 2.59. The monoisotopic (exact) mass is 260 g/mol. The standard InChI is InChI=1S/C11H14ClFN2S/c1-7(11(14)16)15(2)6-8-3-4-10(13)9(12)5-8/h3-5,7H,6H2,1-2H3,(H2,14,16). The Morgan fingerprint density at radius 3 is 2.75 bits per heavy atom. The van der Waals surface area contributed by atoms with E-state index in [1.165, 1.54) is 6.07 Å². The highest BCUT2D eigenvalue weighted by molar-refractivity contribution is 7.80. The van der Waals surface area contributed by atoms with E-state index in [4.69, 9.17) is 29.6 Å². The fourth-order valence-corrected chi connectivity index (χ4v) is 1.66. The molecule has 0 saturated heterocycles. The lowest BCUT2D eigenvalue weighted by Gasteiger charge is -2.23. The molecule has 0 aliphatic carbocycles. The first-order chi connectivity index (χ1) is 7.41. The van der Waals surface area contributed by atoms with Gasteiger partial charge < -0.3 is 5.73 Å². The third kappa shape index (κ3) is 3.40. The molecule has 0 bridgehead atoms. The first-order valence-electron chi connectivity index (χ1n) is 4.85. The highest BCUT2D eigenvalue weighted by Crippen LogP contribution is 2.17. The van der Waals surface area contributed by atoms with Crippen LogP contribution in [0.15, 0.2) is 18.2 Å². The summed E-state index contributed by atoms with van der Waals surface area (Å²) in [7, 11) is 1.90. The van der Waals surface area contributed by atoms with Crippen molar-refractivity contribution < 1.29 is 4.39 Å². The Labute approximate surface area is 105 Å². The maximum atomic E-state index is 12.9. The van der Waals surface area contributed by atoms with E-state index in [0.29, 0.717) is 11.5 Å².